The Hall–Kier alpha value is -6.17. The van der Waals surface area contributed by atoms with Crippen molar-refractivity contribution in [3.05, 3.63) is 94.0 Å². The SMILES string of the molecule is CCC(C)[C@@H]1CC(=O)C2CCCN2C(=O)C(Cc2cccc(-c3ccc(Cl)c(Cl)c3)c2)N(C)C(=O)[C@H](Cc2ccccc2)NC(=O)[C@H](C(C)C)N(C)C(=O)[C@@H](C(C)CC)OC(=O)[C@H](C(C)(C)O)N(C)C(=O)[C@H](CC(C)C)CC(=O)[C@H](C(C)C)N(C)C1=O. The lowest BCUT2D eigenvalue weighted by atomic mass is 9.82. The van der Waals surface area contributed by atoms with Crippen LogP contribution < -0.4 is 5.32 Å². The first-order valence-corrected chi connectivity index (χ1v) is 31.7. The van der Waals surface area contributed by atoms with E-state index in [1.165, 1.54) is 61.6 Å². The second-order valence-corrected chi connectivity index (χ2v) is 26.9. The van der Waals surface area contributed by atoms with Crippen LogP contribution in [0.25, 0.3) is 11.1 Å². The van der Waals surface area contributed by atoms with Crippen molar-refractivity contribution in [3.63, 3.8) is 0 Å². The molecule has 2 saturated heterocycles. The molecule has 0 spiro atoms. The number of rotatable bonds is 14. The van der Waals surface area contributed by atoms with E-state index in [4.69, 9.17) is 27.9 Å². The quantitative estimate of drug-likeness (QED) is 0.145. The summed E-state index contributed by atoms with van der Waals surface area (Å²) in [7, 11) is 5.80. The van der Waals surface area contributed by atoms with Gasteiger partial charge in [-0.1, -0.05) is 160 Å². The minimum Gasteiger partial charge on any atom is -0.450 e. The summed E-state index contributed by atoms with van der Waals surface area (Å²) in [6, 6.07) is 14.2. The Morgan fingerprint density at radius 1 is 0.621 bits per heavy atom. The molecule has 0 saturated carbocycles. The van der Waals surface area contributed by atoms with Gasteiger partial charge in [-0.3, -0.25) is 38.4 Å². The van der Waals surface area contributed by atoms with Crippen LogP contribution in [0, 0.1) is 41.4 Å². The number of ether oxygens (including phenoxy) is 1. The molecule has 2 fully saturated rings. The molecule has 11 atom stereocenters. The van der Waals surface area contributed by atoms with Crippen LogP contribution in [0.5, 0.6) is 0 Å². The van der Waals surface area contributed by atoms with Gasteiger partial charge in [-0.2, -0.15) is 0 Å². The first-order valence-electron chi connectivity index (χ1n) is 31.0. The number of aliphatic hydroxyl groups is 1. The number of hydrogen-bond donors (Lipinski definition) is 2. The van der Waals surface area contributed by atoms with Crippen molar-refractivity contribution in [3.8, 4) is 11.1 Å². The summed E-state index contributed by atoms with van der Waals surface area (Å²) < 4.78 is 6.15. The third kappa shape index (κ3) is 17.8. The summed E-state index contributed by atoms with van der Waals surface area (Å²) in [5.41, 5.74) is 0.891. The van der Waals surface area contributed by atoms with Gasteiger partial charge in [0.25, 0.3) is 5.91 Å². The standard InChI is InChI=1S/C68H96Cl2N6O11/c1-17-42(9)49-38-55(77)53-28-23-31-76(53)65(83)54(35-45-26-22-27-46(33-45)47-29-30-50(69)51(70)36-47)72(13)64(82)52(34-44-24-20-19-21-25-44)71-61(79)58(41(7)8)74(15)66(84)59(43(10)18-2)87-67(85)60(68(11,12)86)75(16)62(80)48(32-39(3)4)37-56(78)57(40(5)6)73(14)63(49)81/h19-22,24-27,29-30,33,36,39-43,48-49,52-54,57-60,86H,17-18,23,28,31-32,34-35,37-38H2,1-16H3,(H,71,79)/t42?,43?,48-,49+,52+,53?,54?,57+,58+,59-,60-/m1/s1. The predicted octanol–water partition coefficient (Wildman–Crippen LogP) is 9.53. The summed E-state index contributed by atoms with van der Waals surface area (Å²) in [5.74, 6) is -9.66. The molecule has 19 heteroatoms. The largest absolute Gasteiger partial charge is 0.450 e. The topological polar surface area (TPSA) is 211 Å². The molecule has 0 aliphatic carbocycles. The van der Waals surface area contributed by atoms with E-state index in [1.54, 1.807) is 65.8 Å². The van der Waals surface area contributed by atoms with Gasteiger partial charge in [0.15, 0.2) is 23.7 Å². The molecule has 4 unspecified atom stereocenters. The van der Waals surface area contributed by atoms with Crippen LogP contribution in [0.3, 0.4) is 0 Å². The first kappa shape index (κ1) is 71.6. The second-order valence-electron chi connectivity index (χ2n) is 26.1. The minimum absolute atomic E-state index is 0.0294. The number of likely N-dealkylation sites (N-methyl/N-ethyl adjacent to an activating group) is 4. The Bertz CT molecular complexity index is 2930. The number of nitrogens with zero attached hydrogens (tertiary/aromatic N) is 5. The molecule has 478 valence electrons. The summed E-state index contributed by atoms with van der Waals surface area (Å²) in [5, 5.41) is 15.5. The average molecular weight is 1240 g/mol. The smallest absolute Gasteiger partial charge is 0.332 e. The summed E-state index contributed by atoms with van der Waals surface area (Å²) in [6.45, 7) is 21.0. The van der Waals surface area contributed by atoms with Crippen molar-refractivity contribution >= 4 is 76.2 Å². The van der Waals surface area contributed by atoms with Crippen molar-refractivity contribution in [2.24, 2.45) is 41.4 Å². The van der Waals surface area contributed by atoms with Gasteiger partial charge in [-0.25, -0.2) is 4.79 Å². The maximum Gasteiger partial charge on any atom is 0.332 e. The fourth-order valence-corrected chi connectivity index (χ4v) is 12.9. The van der Waals surface area contributed by atoms with Crippen LogP contribution in [0.15, 0.2) is 72.8 Å². The molecule has 87 heavy (non-hydrogen) atoms. The molecular weight excluding hydrogens is 1150 g/mol. The Morgan fingerprint density at radius 2 is 1.22 bits per heavy atom. The lowest BCUT2D eigenvalue weighted by molar-refractivity contribution is -0.178. The number of carbonyl (C=O) groups excluding carboxylic acids is 9. The van der Waals surface area contributed by atoms with Crippen LogP contribution in [-0.2, 0) is 60.7 Å². The van der Waals surface area contributed by atoms with E-state index in [2.05, 4.69) is 5.32 Å². The molecule has 2 N–H and O–H groups in total. The van der Waals surface area contributed by atoms with Crippen molar-refractivity contribution < 1.29 is 53.0 Å². The van der Waals surface area contributed by atoms with Crippen LogP contribution >= 0.6 is 23.2 Å². The molecule has 0 bridgehead atoms. The van der Waals surface area contributed by atoms with Gasteiger partial charge in [0.2, 0.25) is 29.5 Å². The van der Waals surface area contributed by atoms with Gasteiger partial charge in [-0.15, -0.1) is 0 Å². The van der Waals surface area contributed by atoms with Crippen molar-refractivity contribution in [2.45, 2.75) is 189 Å². The first-order chi connectivity index (χ1) is 40.7. The number of amides is 6. The number of esters is 1. The van der Waals surface area contributed by atoms with Gasteiger partial charge >= 0.3 is 5.97 Å². The number of fused-ring (bicyclic) bond motifs is 1. The molecule has 0 radical (unpaired) electrons. The summed E-state index contributed by atoms with van der Waals surface area (Å²) in [4.78, 5) is 143. The molecule has 17 nitrogen and oxygen atoms in total. The number of nitrogens with one attached hydrogen (secondary N) is 1. The lowest BCUT2D eigenvalue weighted by Crippen LogP contribution is -2.61. The number of halogens is 2. The fraction of sp³-hybridized carbons (Fsp3) is 0.603. The van der Waals surface area contributed by atoms with Crippen molar-refractivity contribution in [1.29, 1.82) is 0 Å². The Balaban J connectivity index is 1.73. The number of ketones is 2. The molecule has 2 heterocycles. The Labute approximate surface area is 526 Å². The van der Waals surface area contributed by atoms with E-state index >= 15 is 28.8 Å². The van der Waals surface area contributed by atoms with E-state index in [-0.39, 0.29) is 56.3 Å². The van der Waals surface area contributed by atoms with E-state index in [0.717, 1.165) is 16.0 Å². The average Bonchev–Trinajstić information content (AvgIpc) is 2.68. The summed E-state index contributed by atoms with van der Waals surface area (Å²) >= 11 is 12.8. The van der Waals surface area contributed by atoms with E-state index < -0.39 is 125 Å². The zero-order valence-electron chi connectivity index (χ0n) is 54.1. The van der Waals surface area contributed by atoms with E-state index in [9.17, 15) is 19.5 Å². The number of Topliss-reactive ketones (excluding diaryl/α,β-unsaturated/α-hetero) is 2. The maximum absolute atomic E-state index is 15.7. The van der Waals surface area contributed by atoms with Crippen LogP contribution in [-0.4, -0.2) is 165 Å². The van der Waals surface area contributed by atoms with Crippen molar-refractivity contribution in [2.75, 3.05) is 34.7 Å². The van der Waals surface area contributed by atoms with E-state index in [0.29, 0.717) is 46.9 Å². The second kappa shape index (κ2) is 31.3. The number of carbonyl (C=O) groups is 9. The third-order valence-corrected chi connectivity index (χ3v) is 18.5. The summed E-state index contributed by atoms with van der Waals surface area (Å²) in [6.07, 6.45) is -0.384. The highest BCUT2D eigenvalue weighted by atomic mass is 35.5. The number of hydrogen-bond acceptors (Lipinski definition) is 11. The zero-order chi connectivity index (χ0) is 65.1. The number of benzene rings is 3. The molecule has 5 rings (SSSR count). The van der Waals surface area contributed by atoms with Crippen LogP contribution in [0.4, 0.5) is 0 Å². The lowest BCUT2D eigenvalue weighted by Gasteiger charge is -2.39. The molecule has 2 aliphatic rings. The fourth-order valence-electron chi connectivity index (χ4n) is 12.6. The molecule has 3 aromatic carbocycles. The molecule has 2 aliphatic heterocycles. The zero-order valence-corrected chi connectivity index (χ0v) is 55.6. The van der Waals surface area contributed by atoms with Gasteiger partial charge in [-0.05, 0) is 97.6 Å². The third-order valence-electron chi connectivity index (χ3n) is 17.8. The highest BCUT2D eigenvalue weighted by molar-refractivity contribution is 6.42. The molecule has 6 amide bonds. The maximum atomic E-state index is 15.7. The van der Waals surface area contributed by atoms with Gasteiger partial charge in [0, 0.05) is 78.2 Å². The van der Waals surface area contributed by atoms with Crippen LogP contribution in [0.1, 0.15) is 139 Å². The highest BCUT2D eigenvalue weighted by Crippen LogP contribution is 2.34. The molecular formula is C68H96Cl2N6O11. The van der Waals surface area contributed by atoms with Gasteiger partial charge < -0.3 is 39.7 Å². The highest BCUT2D eigenvalue weighted by Gasteiger charge is 2.48. The monoisotopic (exact) mass is 1240 g/mol. The molecule has 0 aromatic heterocycles. The Kier molecular flexibility index (Phi) is 25.8. The van der Waals surface area contributed by atoms with Gasteiger partial charge in [0.05, 0.1) is 27.7 Å². The Morgan fingerprint density at radius 3 is 1.79 bits per heavy atom. The van der Waals surface area contributed by atoms with E-state index in [1.807, 2.05) is 76.2 Å². The minimum atomic E-state index is -1.96. The predicted molar refractivity (Wildman–Crippen MR) is 339 cm³/mol. The van der Waals surface area contributed by atoms with Crippen LogP contribution in [0.2, 0.25) is 10.0 Å². The van der Waals surface area contributed by atoms with Crippen molar-refractivity contribution in [1.82, 2.24) is 29.8 Å². The number of cyclic esters (lactones) is 1. The van der Waals surface area contributed by atoms with Gasteiger partial charge in [0.1, 0.15) is 18.1 Å². The normalized spacial score (nSPS) is 25.3. The molecule has 3 aromatic rings.